The maximum Gasteiger partial charge on any atom is 0.165 e. The summed E-state index contributed by atoms with van der Waals surface area (Å²) < 4.78 is 2.01. The molecule has 0 aromatic carbocycles. The molecule has 1 aliphatic heterocycles. The highest BCUT2D eigenvalue weighted by atomic mass is 32.2. The molecule has 1 unspecified atom stereocenters. The molecule has 0 saturated carbocycles. The van der Waals surface area contributed by atoms with E-state index in [4.69, 9.17) is 0 Å². The van der Waals surface area contributed by atoms with Gasteiger partial charge in [-0.2, -0.15) is 11.8 Å². The van der Waals surface area contributed by atoms with Gasteiger partial charge < -0.3 is 5.32 Å². The van der Waals surface area contributed by atoms with Crippen LogP contribution in [0.4, 0.5) is 0 Å². The molecular weight excluding hydrogens is 234 g/mol. The first kappa shape index (κ1) is 12.8. The van der Waals surface area contributed by atoms with Crippen molar-refractivity contribution >= 4 is 11.8 Å². The van der Waals surface area contributed by atoms with Crippen LogP contribution >= 0.6 is 11.8 Å². The molecule has 6 heteroatoms. The van der Waals surface area contributed by atoms with Gasteiger partial charge in [-0.25, -0.2) is 4.68 Å². The summed E-state index contributed by atoms with van der Waals surface area (Å²) in [5, 5.41) is 15.5. The van der Waals surface area contributed by atoms with E-state index in [1.807, 2.05) is 16.4 Å². The quantitative estimate of drug-likeness (QED) is 0.864. The highest BCUT2D eigenvalue weighted by Crippen LogP contribution is 2.26. The Labute approximate surface area is 107 Å². The fraction of sp³-hybridized carbons (Fsp3) is 0.909. The van der Waals surface area contributed by atoms with Gasteiger partial charge in [-0.1, -0.05) is 13.8 Å². The van der Waals surface area contributed by atoms with Crippen molar-refractivity contribution in [2.45, 2.75) is 39.3 Å². The lowest BCUT2D eigenvalue weighted by Gasteiger charge is -2.22. The fourth-order valence-electron chi connectivity index (χ4n) is 2.00. The van der Waals surface area contributed by atoms with Gasteiger partial charge in [0.25, 0.3) is 0 Å². The maximum absolute atomic E-state index is 4.14. The van der Waals surface area contributed by atoms with Crippen LogP contribution in [0.5, 0.6) is 0 Å². The summed E-state index contributed by atoms with van der Waals surface area (Å²) >= 11 is 2.00. The Kier molecular flexibility index (Phi) is 4.79. The molecule has 0 spiro atoms. The topological polar surface area (TPSA) is 55.6 Å². The average molecular weight is 255 g/mol. The van der Waals surface area contributed by atoms with Gasteiger partial charge in [0.05, 0.1) is 12.6 Å². The Morgan fingerprint density at radius 1 is 1.53 bits per heavy atom. The number of hydrogen-bond acceptors (Lipinski definition) is 5. The van der Waals surface area contributed by atoms with Crippen LogP contribution in [0, 0.1) is 5.92 Å². The number of nitrogens with zero attached hydrogens (tertiary/aromatic N) is 4. The monoisotopic (exact) mass is 255 g/mol. The van der Waals surface area contributed by atoms with Crippen LogP contribution in [0.25, 0.3) is 0 Å². The molecule has 96 valence electrons. The Morgan fingerprint density at radius 3 is 3.12 bits per heavy atom. The van der Waals surface area contributed by atoms with Crippen molar-refractivity contribution in [3.05, 3.63) is 5.82 Å². The summed E-state index contributed by atoms with van der Waals surface area (Å²) in [5.41, 5.74) is 0. The second-order valence-corrected chi connectivity index (χ2v) is 6.09. The van der Waals surface area contributed by atoms with Crippen LogP contribution < -0.4 is 5.32 Å². The van der Waals surface area contributed by atoms with Crippen molar-refractivity contribution in [1.29, 1.82) is 0 Å². The molecule has 2 rings (SSSR count). The van der Waals surface area contributed by atoms with Crippen molar-refractivity contribution < 1.29 is 0 Å². The van der Waals surface area contributed by atoms with Crippen molar-refractivity contribution in [3.63, 3.8) is 0 Å². The van der Waals surface area contributed by atoms with Gasteiger partial charge in [-0.05, 0) is 41.5 Å². The number of rotatable bonds is 5. The number of thioether (sulfide) groups is 1. The van der Waals surface area contributed by atoms with E-state index in [1.165, 1.54) is 18.6 Å². The first-order valence-electron chi connectivity index (χ1n) is 6.32. The lowest BCUT2D eigenvalue weighted by atomic mass is 10.2. The van der Waals surface area contributed by atoms with Crippen molar-refractivity contribution in [2.24, 2.45) is 5.92 Å². The van der Waals surface area contributed by atoms with Crippen molar-refractivity contribution in [2.75, 3.05) is 18.1 Å². The van der Waals surface area contributed by atoms with Crippen LogP contribution in [0.1, 0.15) is 38.6 Å². The zero-order chi connectivity index (χ0) is 12.1. The zero-order valence-corrected chi connectivity index (χ0v) is 11.4. The third-order valence-electron chi connectivity index (χ3n) is 2.88. The number of aromatic nitrogens is 4. The predicted molar refractivity (Wildman–Crippen MR) is 70.0 cm³/mol. The van der Waals surface area contributed by atoms with E-state index in [1.54, 1.807) is 0 Å². The molecule has 1 saturated heterocycles. The summed E-state index contributed by atoms with van der Waals surface area (Å²) in [5.74, 6) is 4.05. The van der Waals surface area contributed by atoms with Gasteiger partial charge in [-0.15, -0.1) is 5.10 Å². The molecule has 0 aliphatic carbocycles. The molecule has 17 heavy (non-hydrogen) atoms. The fourth-order valence-corrected chi connectivity index (χ4v) is 3.12. The van der Waals surface area contributed by atoms with Gasteiger partial charge >= 0.3 is 0 Å². The lowest BCUT2D eigenvalue weighted by Crippen LogP contribution is -2.25. The Morgan fingerprint density at radius 2 is 2.41 bits per heavy atom. The van der Waals surface area contributed by atoms with E-state index in [0.29, 0.717) is 12.0 Å². The summed E-state index contributed by atoms with van der Waals surface area (Å²) in [6.45, 7) is 6.18. The molecule has 1 aromatic heterocycles. The molecule has 1 N–H and O–H groups in total. The van der Waals surface area contributed by atoms with Crippen molar-refractivity contribution in [3.8, 4) is 0 Å². The largest absolute Gasteiger partial charge is 0.310 e. The molecule has 1 fully saturated rings. The van der Waals surface area contributed by atoms with Crippen LogP contribution in [-0.2, 0) is 6.54 Å². The second-order valence-electron chi connectivity index (χ2n) is 4.94. The summed E-state index contributed by atoms with van der Waals surface area (Å²) in [6.07, 6.45) is 2.48. The summed E-state index contributed by atoms with van der Waals surface area (Å²) in [7, 11) is 0. The second kappa shape index (κ2) is 6.35. The Bertz CT molecular complexity index is 332. The van der Waals surface area contributed by atoms with Crippen LogP contribution in [0.3, 0.4) is 0 Å². The number of nitrogens with one attached hydrogen (secondary N) is 1. The van der Waals surface area contributed by atoms with Crippen LogP contribution in [-0.4, -0.2) is 38.3 Å². The smallest absolute Gasteiger partial charge is 0.165 e. The lowest BCUT2D eigenvalue weighted by molar-refractivity contribution is 0.419. The number of tetrazole rings is 1. The first-order valence-corrected chi connectivity index (χ1v) is 7.48. The van der Waals surface area contributed by atoms with Crippen molar-refractivity contribution in [1.82, 2.24) is 25.5 Å². The SMILES string of the molecule is CC(C)CNCc1nnnn1C1CCCSC1. The normalized spacial score (nSPS) is 21.0. The van der Waals surface area contributed by atoms with Gasteiger partial charge in [0.1, 0.15) is 0 Å². The minimum absolute atomic E-state index is 0.486. The highest BCUT2D eigenvalue weighted by molar-refractivity contribution is 7.99. The third-order valence-corrected chi connectivity index (χ3v) is 4.08. The van der Waals surface area contributed by atoms with E-state index >= 15 is 0 Å². The predicted octanol–water partition coefficient (Wildman–Crippen LogP) is 1.49. The third kappa shape index (κ3) is 3.67. The molecule has 1 aliphatic rings. The van der Waals surface area contributed by atoms with Gasteiger partial charge in [0, 0.05) is 5.75 Å². The zero-order valence-electron chi connectivity index (χ0n) is 10.6. The van der Waals surface area contributed by atoms with Gasteiger partial charge in [0.2, 0.25) is 0 Å². The standard InChI is InChI=1S/C11H21N5S/c1-9(2)6-12-7-11-13-14-15-16(11)10-4-3-5-17-8-10/h9-10,12H,3-8H2,1-2H3. The summed E-state index contributed by atoms with van der Waals surface area (Å²) in [4.78, 5) is 0. The maximum atomic E-state index is 4.14. The van der Waals surface area contributed by atoms with Gasteiger partial charge in [-0.3, -0.25) is 0 Å². The van der Waals surface area contributed by atoms with E-state index in [2.05, 4.69) is 34.7 Å². The average Bonchev–Trinajstić information content (AvgIpc) is 2.78. The van der Waals surface area contributed by atoms with E-state index in [9.17, 15) is 0 Å². The molecule has 1 aromatic rings. The Hall–Kier alpha value is -0.620. The Balaban J connectivity index is 1.91. The molecule has 0 amide bonds. The highest BCUT2D eigenvalue weighted by Gasteiger charge is 2.19. The molecule has 2 heterocycles. The molecule has 5 nitrogen and oxygen atoms in total. The molecule has 0 bridgehead atoms. The molecule has 0 radical (unpaired) electrons. The molecular formula is C11H21N5S. The van der Waals surface area contributed by atoms with Crippen LogP contribution in [0.15, 0.2) is 0 Å². The number of hydrogen-bond donors (Lipinski definition) is 1. The minimum atomic E-state index is 0.486. The first-order chi connectivity index (χ1) is 8.27. The van der Waals surface area contributed by atoms with E-state index in [0.717, 1.165) is 24.7 Å². The molecule has 1 atom stereocenters. The summed E-state index contributed by atoms with van der Waals surface area (Å²) in [6, 6.07) is 0.486. The van der Waals surface area contributed by atoms with Crippen LogP contribution in [0.2, 0.25) is 0 Å². The van der Waals surface area contributed by atoms with E-state index < -0.39 is 0 Å². The minimum Gasteiger partial charge on any atom is -0.310 e. The van der Waals surface area contributed by atoms with Gasteiger partial charge in [0.15, 0.2) is 5.82 Å². The van der Waals surface area contributed by atoms with E-state index in [-0.39, 0.29) is 0 Å².